The Hall–Kier alpha value is -2.60. The highest BCUT2D eigenvalue weighted by Gasteiger charge is 2.24. The van der Waals surface area contributed by atoms with Crippen LogP contribution >= 0.6 is 0 Å². The molecule has 1 amide bonds. The molecule has 1 atom stereocenters. The number of H-pyrrole nitrogens is 1. The number of hydrogen-bond acceptors (Lipinski definition) is 3. The van der Waals surface area contributed by atoms with Crippen LogP contribution in [0.1, 0.15) is 30.3 Å². The summed E-state index contributed by atoms with van der Waals surface area (Å²) >= 11 is 0. The lowest BCUT2D eigenvalue weighted by Crippen LogP contribution is -2.40. The Bertz CT molecular complexity index is 1030. The van der Waals surface area contributed by atoms with Gasteiger partial charge in [-0.05, 0) is 38.1 Å². The fourth-order valence-corrected chi connectivity index (χ4v) is 4.15. The van der Waals surface area contributed by atoms with Crippen LogP contribution in [-0.2, 0) is 7.05 Å². The molecule has 2 aromatic heterocycles. The van der Waals surface area contributed by atoms with E-state index in [4.69, 9.17) is 0 Å². The Balaban J connectivity index is 1.67. The van der Waals surface area contributed by atoms with E-state index in [9.17, 15) is 9.59 Å². The molecule has 6 heteroatoms. The average Bonchev–Trinajstić information content (AvgIpc) is 3.24. The van der Waals surface area contributed by atoms with Crippen LogP contribution in [0.15, 0.2) is 35.1 Å². The molecule has 1 aliphatic rings. The predicted molar refractivity (Wildman–Crippen MR) is 104 cm³/mol. The van der Waals surface area contributed by atoms with Crippen LogP contribution in [0.4, 0.5) is 0 Å². The zero-order valence-electron chi connectivity index (χ0n) is 15.2. The Morgan fingerprint density at radius 3 is 2.92 bits per heavy atom. The van der Waals surface area contributed by atoms with Crippen molar-refractivity contribution in [2.24, 2.45) is 7.05 Å². The van der Waals surface area contributed by atoms with Gasteiger partial charge < -0.3 is 14.9 Å². The highest BCUT2D eigenvalue weighted by Crippen LogP contribution is 2.24. The smallest absolute Gasteiger partial charge is 0.267 e. The Labute approximate surface area is 151 Å². The van der Waals surface area contributed by atoms with E-state index < -0.39 is 0 Å². The summed E-state index contributed by atoms with van der Waals surface area (Å²) in [6.07, 6.45) is 2.30. The number of amides is 1. The number of aromatic amines is 1. The monoisotopic (exact) mass is 352 g/mol. The van der Waals surface area contributed by atoms with Crippen molar-refractivity contribution in [3.8, 4) is 0 Å². The molecule has 26 heavy (non-hydrogen) atoms. The van der Waals surface area contributed by atoms with Gasteiger partial charge in [0.25, 0.3) is 11.5 Å². The van der Waals surface area contributed by atoms with Crippen molar-refractivity contribution in [3.05, 3.63) is 46.4 Å². The molecule has 2 N–H and O–H groups in total. The molecule has 1 fully saturated rings. The lowest BCUT2D eigenvalue weighted by Gasteiger charge is -2.22. The highest BCUT2D eigenvalue weighted by atomic mass is 16.2. The fraction of sp³-hybridized carbons (Fsp3) is 0.400. The van der Waals surface area contributed by atoms with Gasteiger partial charge in [-0.1, -0.05) is 25.1 Å². The lowest BCUT2D eigenvalue weighted by molar-refractivity contribution is 0.0933. The maximum atomic E-state index is 12.8. The number of pyridine rings is 1. The van der Waals surface area contributed by atoms with Gasteiger partial charge in [0.05, 0.1) is 16.4 Å². The first-order valence-electron chi connectivity index (χ1n) is 9.23. The van der Waals surface area contributed by atoms with Crippen LogP contribution in [0.5, 0.6) is 0 Å². The Kier molecular flexibility index (Phi) is 4.28. The van der Waals surface area contributed by atoms with Gasteiger partial charge in [0, 0.05) is 25.0 Å². The summed E-state index contributed by atoms with van der Waals surface area (Å²) in [6, 6.07) is 9.77. The summed E-state index contributed by atoms with van der Waals surface area (Å²) < 4.78 is 1.83. The van der Waals surface area contributed by atoms with Gasteiger partial charge in [-0.2, -0.15) is 0 Å². The van der Waals surface area contributed by atoms with Crippen molar-refractivity contribution in [1.29, 1.82) is 0 Å². The predicted octanol–water partition coefficient (Wildman–Crippen LogP) is 2.23. The topological polar surface area (TPSA) is 70.1 Å². The minimum Gasteiger partial charge on any atom is -0.349 e. The summed E-state index contributed by atoms with van der Waals surface area (Å²) in [4.78, 5) is 30.5. The number of nitrogens with one attached hydrogen (secondary N) is 2. The molecule has 0 bridgehead atoms. The minimum absolute atomic E-state index is 0.130. The number of hydrogen-bond donors (Lipinski definition) is 2. The number of nitrogens with zero attached hydrogens (tertiary/aromatic N) is 2. The number of likely N-dealkylation sites (tertiary alicyclic amines) is 1. The SMILES string of the molecule is CCN1CCCC1CNC(=O)c1cc2c(=O)[nH]c3ccccc3c2n1C. The molecule has 1 saturated heterocycles. The average molecular weight is 352 g/mol. The van der Waals surface area contributed by atoms with E-state index >= 15 is 0 Å². The lowest BCUT2D eigenvalue weighted by atomic mass is 10.1. The van der Waals surface area contributed by atoms with Crippen LogP contribution in [0, 0.1) is 0 Å². The minimum atomic E-state index is -0.165. The third-order valence-corrected chi connectivity index (χ3v) is 5.54. The van der Waals surface area contributed by atoms with E-state index in [2.05, 4.69) is 22.1 Å². The Morgan fingerprint density at radius 2 is 2.12 bits per heavy atom. The van der Waals surface area contributed by atoms with Crippen molar-refractivity contribution >= 4 is 27.7 Å². The zero-order valence-corrected chi connectivity index (χ0v) is 15.2. The van der Waals surface area contributed by atoms with E-state index in [1.165, 1.54) is 6.42 Å². The van der Waals surface area contributed by atoms with Gasteiger partial charge >= 0.3 is 0 Å². The summed E-state index contributed by atoms with van der Waals surface area (Å²) in [5.41, 5.74) is 1.93. The van der Waals surface area contributed by atoms with E-state index in [0.29, 0.717) is 23.7 Å². The number of para-hydroxylation sites is 1. The van der Waals surface area contributed by atoms with E-state index in [-0.39, 0.29) is 11.5 Å². The summed E-state index contributed by atoms with van der Waals surface area (Å²) in [5, 5.41) is 4.55. The molecule has 4 rings (SSSR count). The van der Waals surface area contributed by atoms with Crippen molar-refractivity contribution in [2.75, 3.05) is 19.6 Å². The largest absolute Gasteiger partial charge is 0.349 e. The molecule has 1 aliphatic heterocycles. The second-order valence-electron chi connectivity index (χ2n) is 6.99. The number of benzene rings is 1. The molecule has 1 aromatic carbocycles. The normalized spacial score (nSPS) is 18.0. The van der Waals surface area contributed by atoms with Crippen molar-refractivity contribution in [3.63, 3.8) is 0 Å². The second kappa shape index (κ2) is 6.61. The number of likely N-dealkylation sites (N-methyl/N-ethyl adjacent to an activating group) is 1. The van der Waals surface area contributed by atoms with E-state index in [1.54, 1.807) is 6.07 Å². The third-order valence-electron chi connectivity index (χ3n) is 5.54. The molecule has 3 aromatic rings. The molecule has 0 aliphatic carbocycles. The van der Waals surface area contributed by atoms with Crippen LogP contribution in [0.25, 0.3) is 21.8 Å². The molecular weight excluding hydrogens is 328 g/mol. The van der Waals surface area contributed by atoms with E-state index in [1.807, 2.05) is 35.9 Å². The molecule has 6 nitrogen and oxygen atoms in total. The second-order valence-corrected chi connectivity index (χ2v) is 6.99. The maximum absolute atomic E-state index is 12.8. The number of aryl methyl sites for hydroxylation is 1. The van der Waals surface area contributed by atoms with E-state index in [0.717, 1.165) is 35.9 Å². The van der Waals surface area contributed by atoms with Gasteiger partial charge in [-0.3, -0.25) is 14.5 Å². The molecule has 0 saturated carbocycles. The number of fused-ring (bicyclic) bond motifs is 3. The quantitative estimate of drug-likeness (QED) is 0.756. The molecule has 0 spiro atoms. The first-order valence-corrected chi connectivity index (χ1v) is 9.23. The fourth-order valence-electron chi connectivity index (χ4n) is 4.15. The summed E-state index contributed by atoms with van der Waals surface area (Å²) in [5.74, 6) is -0.130. The van der Waals surface area contributed by atoms with Gasteiger partial charge in [0.1, 0.15) is 5.69 Å². The molecule has 136 valence electrons. The first kappa shape index (κ1) is 16.8. The van der Waals surface area contributed by atoms with Gasteiger partial charge in [-0.15, -0.1) is 0 Å². The standard InChI is InChI=1S/C20H24N4O2/c1-3-24-10-6-7-13(24)12-21-20(26)17-11-15-18(23(17)2)14-8-4-5-9-16(14)22-19(15)25/h4-5,8-9,11,13H,3,6-7,10,12H2,1-2H3,(H,21,26)(H,22,25). The van der Waals surface area contributed by atoms with Gasteiger partial charge in [0.2, 0.25) is 0 Å². The summed E-state index contributed by atoms with van der Waals surface area (Å²) in [7, 11) is 1.84. The molecule has 3 heterocycles. The zero-order chi connectivity index (χ0) is 18.3. The maximum Gasteiger partial charge on any atom is 0.267 e. The number of rotatable bonds is 4. The first-order chi connectivity index (χ1) is 12.6. The highest BCUT2D eigenvalue weighted by molar-refractivity contribution is 6.07. The van der Waals surface area contributed by atoms with Crippen LogP contribution in [-0.4, -0.2) is 46.0 Å². The Morgan fingerprint density at radius 1 is 1.31 bits per heavy atom. The molecule has 0 radical (unpaired) electrons. The van der Waals surface area contributed by atoms with Crippen LogP contribution in [0.2, 0.25) is 0 Å². The van der Waals surface area contributed by atoms with Crippen molar-refractivity contribution in [2.45, 2.75) is 25.8 Å². The summed E-state index contributed by atoms with van der Waals surface area (Å²) in [6.45, 7) is 4.91. The van der Waals surface area contributed by atoms with Crippen LogP contribution < -0.4 is 10.9 Å². The van der Waals surface area contributed by atoms with Crippen molar-refractivity contribution in [1.82, 2.24) is 19.8 Å². The van der Waals surface area contributed by atoms with Crippen LogP contribution in [0.3, 0.4) is 0 Å². The van der Waals surface area contributed by atoms with Gasteiger partial charge in [0.15, 0.2) is 0 Å². The molecular formula is C20H24N4O2. The number of carbonyl (C=O) groups is 1. The van der Waals surface area contributed by atoms with Gasteiger partial charge in [-0.25, -0.2) is 0 Å². The third kappa shape index (κ3) is 2.70. The molecule has 1 unspecified atom stereocenters. The number of aromatic nitrogens is 2. The number of carbonyl (C=O) groups excluding carboxylic acids is 1. The van der Waals surface area contributed by atoms with Crippen molar-refractivity contribution < 1.29 is 4.79 Å².